The SMILES string of the molecule is COC(=O)N[C@H](C(=O)Nc1ccccc1CC[C@@H]1CN[C@H](CSc2ccccc2)CO1)C(c1ccccc1)c1ccccc1. The van der Waals surface area contributed by atoms with Crippen LogP contribution in [0.3, 0.4) is 0 Å². The summed E-state index contributed by atoms with van der Waals surface area (Å²) in [5.41, 5.74) is 3.55. The third-order valence-electron chi connectivity index (χ3n) is 7.76. The molecule has 0 radical (unpaired) electrons. The molecule has 4 aromatic carbocycles. The maximum absolute atomic E-state index is 14.0. The smallest absolute Gasteiger partial charge is 0.407 e. The second-order valence-electron chi connectivity index (χ2n) is 10.8. The average molecular weight is 610 g/mol. The van der Waals surface area contributed by atoms with Gasteiger partial charge in [0.25, 0.3) is 0 Å². The molecule has 3 N–H and O–H groups in total. The van der Waals surface area contributed by atoms with Crippen molar-refractivity contribution in [2.24, 2.45) is 0 Å². The molecule has 44 heavy (non-hydrogen) atoms. The first-order valence-electron chi connectivity index (χ1n) is 15.0. The van der Waals surface area contributed by atoms with Crippen molar-refractivity contribution in [3.05, 3.63) is 132 Å². The van der Waals surface area contributed by atoms with E-state index in [1.807, 2.05) is 103 Å². The van der Waals surface area contributed by atoms with E-state index in [0.29, 0.717) is 12.6 Å². The van der Waals surface area contributed by atoms with E-state index in [1.54, 1.807) is 0 Å². The van der Waals surface area contributed by atoms with Crippen molar-refractivity contribution in [1.29, 1.82) is 0 Å². The summed E-state index contributed by atoms with van der Waals surface area (Å²) in [4.78, 5) is 27.7. The Kier molecular flexibility index (Phi) is 11.5. The number of benzene rings is 4. The number of ether oxygens (including phenoxy) is 2. The van der Waals surface area contributed by atoms with Crippen LogP contribution >= 0.6 is 11.8 Å². The lowest BCUT2D eigenvalue weighted by molar-refractivity contribution is -0.118. The van der Waals surface area contributed by atoms with Crippen LogP contribution in [0.4, 0.5) is 10.5 Å². The van der Waals surface area contributed by atoms with Gasteiger partial charge in [-0.2, -0.15) is 0 Å². The highest BCUT2D eigenvalue weighted by Gasteiger charge is 2.33. The van der Waals surface area contributed by atoms with Crippen molar-refractivity contribution in [1.82, 2.24) is 10.6 Å². The van der Waals surface area contributed by atoms with Crippen LogP contribution < -0.4 is 16.0 Å². The third-order valence-corrected chi connectivity index (χ3v) is 8.94. The van der Waals surface area contributed by atoms with Crippen LogP contribution in [0.1, 0.15) is 29.0 Å². The highest BCUT2D eigenvalue weighted by Crippen LogP contribution is 2.30. The number of amides is 2. The molecule has 1 heterocycles. The second kappa shape index (κ2) is 16.1. The van der Waals surface area contributed by atoms with Crippen LogP contribution in [-0.2, 0) is 20.7 Å². The number of nitrogens with one attached hydrogen (secondary N) is 3. The number of anilines is 1. The Morgan fingerprint density at radius 1 is 0.886 bits per heavy atom. The molecular formula is C36H39N3O4S. The Morgan fingerprint density at radius 2 is 1.50 bits per heavy atom. The number of carbonyl (C=O) groups is 2. The van der Waals surface area contributed by atoms with E-state index < -0.39 is 18.1 Å². The first-order chi connectivity index (χ1) is 21.6. The molecule has 4 aromatic rings. The first-order valence-corrected chi connectivity index (χ1v) is 15.9. The van der Waals surface area contributed by atoms with E-state index in [9.17, 15) is 9.59 Å². The summed E-state index contributed by atoms with van der Waals surface area (Å²) >= 11 is 1.84. The molecule has 228 valence electrons. The fourth-order valence-corrected chi connectivity index (χ4v) is 6.40. The largest absolute Gasteiger partial charge is 0.453 e. The predicted octanol–water partition coefficient (Wildman–Crippen LogP) is 6.26. The van der Waals surface area contributed by atoms with Crippen molar-refractivity contribution in [2.45, 2.75) is 41.8 Å². The van der Waals surface area contributed by atoms with E-state index >= 15 is 0 Å². The lowest BCUT2D eigenvalue weighted by atomic mass is 9.84. The minimum absolute atomic E-state index is 0.0889. The molecule has 7 nitrogen and oxygen atoms in total. The Balaban J connectivity index is 1.24. The topological polar surface area (TPSA) is 88.7 Å². The number of para-hydroxylation sites is 1. The fraction of sp³-hybridized carbons (Fsp3) is 0.278. The van der Waals surface area contributed by atoms with Crippen LogP contribution in [0.25, 0.3) is 0 Å². The summed E-state index contributed by atoms with van der Waals surface area (Å²) in [7, 11) is 1.30. The van der Waals surface area contributed by atoms with E-state index in [4.69, 9.17) is 9.47 Å². The molecule has 0 saturated carbocycles. The minimum atomic E-state index is -0.920. The molecule has 3 atom stereocenters. The number of hydrogen-bond acceptors (Lipinski definition) is 6. The number of aryl methyl sites for hydroxylation is 1. The normalized spacial score (nSPS) is 17.0. The Morgan fingerprint density at radius 3 is 2.11 bits per heavy atom. The minimum Gasteiger partial charge on any atom is -0.453 e. The van der Waals surface area contributed by atoms with Gasteiger partial charge in [-0.15, -0.1) is 11.8 Å². The van der Waals surface area contributed by atoms with Gasteiger partial charge < -0.3 is 25.4 Å². The maximum Gasteiger partial charge on any atom is 0.407 e. The molecular weight excluding hydrogens is 570 g/mol. The van der Waals surface area contributed by atoms with Gasteiger partial charge in [0, 0.05) is 34.8 Å². The van der Waals surface area contributed by atoms with Gasteiger partial charge in [0.15, 0.2) is 0 Å². The molecule has 0 aromatic heterocycles. The van der Waals surface area contributed by atoms with E-state index in [-0.39, 0.29) is 12.0 Å². The first kappa shape index (κ1) is 31.3. The summed E-state index contributed by atoms with van der Waals surface area (Å²) in [5, 5.41) is 9.56. The summed E-state index contributed by atoms with van der Waals surface area (Å²) < 4.78 is 11.1. The Labute approximate surface area is 263 Å². The highest BCUT2D eigenvalue weighted by molar-refractivity contribution is 7.99. The van der Waals surface area contributed by atoms with E-state index in [1.165, 1.54) is 12.0 Å². The van der Waals surface area contributed by atoms with Crippen LogP contribution in [0.5, 0.6) is 0 Å². The van der Waals surface area contributed by atoms with Gasteiger partial charge in [-0.3, -0.25) is 4.79 Å². The van der Waals surface area contributed by atoms with Gasteiger partial charge in [-0.25, -0.2) is 4.79 Å². The van der Waals surface area contributed by atoms with Gasteiger partial charge in [0.2, 0.25) is 5.91 Å². The fourth-order valence-electron chi connectivity index (χ4n) is 5.45. The van der Waals surface area contributed by atoms with Crippen LogP contribution in [-0.4, -0.2) is 56.2 Å². The number of alkyl carbamates (subject to hydrolysis) is 1. The van der Waals surface area contributed by atoms with Crippen molar-refractivity contribution in [3.8, 4) is 0 Å². The Hall–Kier alpha value is -4.11. The molecule has 5 rings (SSSR count). The number of thioether (sulfide) groups is 1. The lowest BCUT2D eigenvalue weighted by Gasteiger charge is -2.30. The number of carbonyl (C=O) groups excluding carboxylic acids is 2. The number of morpholine rings is 1. The van der Waals surface area contributed by atoms with Crippen molar-refractivity contribution in [2.75, 3.05) is 31.3 Å². The molecule has 0 aliphatic carbocycles. The number of methoxy groups -OCH3 is 1. The number of rotatable bonds is 12. The zero-order valence-electron chi connectivity index (χ0n) is 24.9. The van der Waals surface area contributed by atoms with Crippen LogP contribution in [0, 0.1) is 0 Å². The molecule has 1 fully saturated rings. The van der Waals surface area contributed by atoms with Crippen molar-refractivity contribution >= 4 is 29.4 Å². The highest BCUT2D eigenvalue weighted by atomic mass is 32.2. The third kappa shape index (κ3) is 8.72. The standard InChI is InChI=1S/C36H39N3O4S/c1-42-36(41)39-34(33(27-14-5-2-6-15-27)28-16-7-3-8-17-28)35(40)38-32-20-12-11-13-26(32)21-22-30-23-37-29(24-43-30)25-44-31-18-9-4-10-19-31/h2-20,29-30,33-34,37H,21-25H2,1H3,(H,38,40)(H,39,41)/t29-,30+,34-/m0/s1. The molecule has 0 unspecified atom stereocenters. The monoisotopic (exact) mass is 609 g/mol. The summed E-state index contributed by atoms with van der Waals surface area (Å²) in [6.45, 7) is 1.46. The van der Waals surface area contributed by atoms with E-state index in [2.05, 4.69) is 40.2 Å². The number of hydrogen-bond donors (Lipinski definition) is 3. The molecule has 0 spiro atoms. The molecule has 1 saturated heterocycles. The molecule has 1 aliphatic heterocycles. The molecule has 1 aliphatic rings. The average Bonchev–Trinajstić information content (AvgIpc) is 3.08. The van der Waals surface area contributed by atoms with Gasteiger partial charge in [-0.1, -0.05) is 97.1 Å². The Bertz CT molecular complexity index is 1430. The van der Waals surface area contributed by atoms with Gasteiger partial charge >= 0.3 is 6.09 Å². The second-order valence-corrected chi connectivity index (χ2v) is 11.9. The zero-order valence-corrected chi connectivity index (χ0v) is 25.7. The van der Waals surface area contributed by atoms with E-state index in [0.717, 1.165) is 47.5 Å². The van der Waals surface area contributed by atoms with Crippen molar-refractivity contribution in [3.63, 3.8) is 0 Å². The van der Waals surface area contributed by atoms with Crippen LogP contribution in [0.15, 0.2) is 120 Å². The summed E-state index contributed by atoms with van der Waals surface area (Å²) in [6.07, 6.45) is 0.977. The van der Waals surface area contributed by atoms with Gasteiger partial charge in [0.05, 0.1) is 19.8 Å². The summed E-state index contributed by atoms with van der Waals surface area (Å²) in [5.74, 6) is 0.201. The van der Waals surface area contributed by atoms with Crippen molar-refractivity contribution < 1.29 is 19.1 Å². The van der Waals surface area contributed by atoms with Gasteiger partial charge in [-0.05, 0) is 47.7 Å². The molecule has 2 amide bonds. The lowest BCUT2D eigenvalue weighted by Crippen LogP contribution is -2.48. The summed E-state index contributed by atoms with van der Waals surface area (Å²) in [6, 6.07) is 37.1. The quantitative estimate of drug-likeness (QED) is 0.164. The van der Waals surface area contributed by atoms with Gasteiger partial charge in [0.1, 0.15) is 6.04 Å². The molecule has 0 bridgehead atoms. The predicted molar refractivity (Wildman–Crippen MR) is 176 cm³/mol. The van der Waals surface area contributed by atoms with Crippen LogP contribution in [0.2, 0.25) is 0 Å². The maximum atomic E-state index is 14.0. The molecule has 8 heteroatoms. The zero-order chi connectivity index (χ0) is 30.6.